The molecule has 0 unspecified atom stereocenters. The van der Waals surface area contributed by atoms with Crippen molar-refractivity contribution in [2.45, 2.75) is 0 Å². The van der Waals surface area contributed by atoms with Crippen LogP contribution in [0.2, 0.25) is 0 Å². The maximum absolute atomic E-state index is 12.6. The van der Waals surface area contributed by atoms with Gasteiger partial charge in [0.15, 0.2) is 5.69 Å². The highest BCUT2D eigenvalue weighted by Gasteiger charge is 2.06. The van der Waals surface area contributed by atoms with Crippen LogP contribution in [0, 0.1) is 5.82 Å². The number of rotatable bonds is 2. The van der Waals surface area contributed by atoms with Crippen LogP contribution in [-0.4, -0.2) is 20.9 Å². The first-order valence-corrected chi connectivity index (χ1v) is 4.15. The summed E-state index contributed by atoms with van der Waals surface area (Å²) in [7, 11) is 0. The molecular weight excluding hydrogens is 199 g/mol. The van der Waals surface area contributed by atoms with Crippen LogP contribution in [0.4, 0.5) is 4.39 Å². The fraction of sp³-hybridized carbons (Fsp3) is 0. The molecule has 0 aliphatic rings. The van der Waals surface area contributed by atoms with Gasteiger partial charge in [0.25, 0.3) is 5.91 Å². The molecule has 1 heterocycles. The summed E-state index contributed by atoms with van der Waals surface area (Å²) in [4.78, 5) is 12.0. The second kappa shape index (κ2) is 3.49. The summed E-state index contributed by atoms with van der Waals surface area (Å²) >= 11 is 0. The number of primary amides is 1. The van der Waals surface area contributed by atoms with Crippen LogP contribution in [0.1, 0.15) is 10.5 Å². The predicted molar refractivity (Wildman–Crippen MR) is 49.8 cm³/mol. The summed E-state index contributed by atoms with van der Waals surface area (Å²) in [6.45, 7) is 0. The van der Waals surface area contributed by atoms with E-state index in [2.05, 4.69) is 10.2 Å². The van der Waals surface area contributed by atoms with E-state index in [1.165, 1.54) is 35.3 Å². The number of nitrogens with two attached hydrogens (primary N) is 1. The number of benzene rings is 1. The minimum Gasteiger partial charge on any atom is -0.364 e. The summed E-state index contributed by atoms with van der Waals surface area (Å²) in [5, 5.41) is 7.64. The number of aromatic nitrogens is 3. The maximum atomic E-state index is 12.6. The van der Waals surface area contributed by atoms with E-state index < -0.39 is 5.91 Å². The van der Waals surface area contributed by atoms with E-state index in [-0.39, 0.29) is 11.5 Å². The van der Waals surface area contributed by atoms with Gasteiger partial charge >= 0.3 is 0 Å². The zero-order chi connectivity index (χ0) is 10.8. The molecule has 0 aliphatic carbocycles. The van der Waals surface area contributed by atoms with Crippen LogP contribution in [0.15, 0.2) is 30.5 Å². The lowest BCUT2D eigenvalue weighted by Crippen LogP contribution is -2.12. The third kappa shape index (κ3) is 1.83. The lowest BCUT2D eigenvalue weighted by atomic mass is 10.3. The van der Waals surface area contributed by atoms with Crippen molar-refractivity contribution < 1.29 is 9.18 Å². The van der Waals surface area contributed by atoms with Crippen molar-refractivity contribution in [1.29, 1.82) is 0 Å². The second-order valence-corrected chi connectivity index (χ2v) is 2.86. The van der Waals surface area contributed by atoms with Crippen LogP contribution in [0.5, 0.6) is 0 Å². The zero-order valence-electron chi connectivity index (χ0n) is 7.59. The quantitative estimate of drug-likeness (QED) is 0.777. The molecule has 0 saturated heterocycles. The third-order valence-corrected chi connectivity index (χ3v) is 1.80. The van der Waals surface area contributed by atoms with Crippen LogP contribution in [0.25, 0.3) is 5.69 Å². The van der Waals surface area contributed by atoms with Gasteiger partial charge in [-0.05, 0) is 24.3 Å². The molecule has 0 atom stereocenters. The molecular formula is C9H7FN4O. The van der Waals surface area contributed by atoms with Crippen molar-refractivity contribution in [2.24, 2.45) is 5.73 Å². The standard InChI is InChI=1S/C9H7FN4O/c10-6-1-3-7(4-2-6)14-12-5-8(13-14)9(11)15/h1-5H,(H2,11,15). The lowest BCUT2D eigenvalue weighted by Gasteiger charge is -1.97. The Hall–Kier alpha value is -2.24. The maximum Gasteiger partial charge on any atom is 0.270 e. The summed E-state index contributed by atoms with van der Waals surface area (Å²) < 4.78 is 12.6. The molecule has 0 radical (unpaired) electrons. The molecule has 2 N–H and O–H groups in total. The van der Waals surface area contributed by atoms with Gasteiger partial charge in [-0.15, -0.1) is 5.10 Å². The fourth-order valence-electron chi connectivity index (χ4n) is 1.07. The van der Waals surface area contributed by atoms with E-state index in [1.807, 2.05) is 0 Å². The van der Waals surface area contributed by atoms with Gasteiger partial charge in [0.1, 0.15) is 5.82 Å². The number of hydrogen-bond acceptors (Lipinski definition) is 3. The van der Waals surface area contributed by atoms with Crippen LogP contribution >= 0.6 is 0 Å². The second-order valence-electron chi connectivity index (χ2n) is 2.86. The summed E-state index contributed by atoms with van der Waals surface area (Å²) in [5.74, 6) is -0.996. The van der Waals surface area contributed by atoms with E-state index in [9.17, 15) is 9.18 Å². The van der Waals surface area contributed by atoms with Gasteiger partial charge in [-0.25, -0.2) is 4.39 Å². The highest BCUT2D eigenvalue weighted by atomic mass is 19.1. The smallest absolute Gasteiger partial charge is 0.270 e. The number of carbonyl (C=O) groups excluding carboxylic acids is 1. The van der Waals surface area contributed by atoms with E-state index in [4.69, 9.17) is 5.73 Å². The third-order valence-electron chi connectivity index (χ3n) is 1.80. The Labute approximate surface area is 84.3 Å². The Morgan fingerprint density at radius 1 is 1.33 bits per heavy atom. The molecule has 0 fully saturated rings. The topological polar surface area (TPSA) is 73.8 Å². The first-order chi connectivity index (χ1) is 7.16. The SMILES string of the molecule is NC(=O)c1cnn(-c2ccc(F)cc2)n1. The van der Waals surface area contributed by atoms with Crippen LogP contribution in [0.3, 0.4) is 0 Å². The van der Waals surface area contributed by atoms with Crippen molar-refractivity contribution in [3.8, 4) is 5.69 Å². The van der Waals surface area contributed by atoms with Gasteiger partial charge in [0, 0.05) is 0 Å². The summed E-state index contributed by atoms with van der Waals surface area (Å²) in [5.41, 5.74) is 5.64. The molecule has 76 valence electrons. The molecule has 2 aromatic rings. The van der Waals surface area contributed by atoms with Crippen molar-refractivity contribution in [3.63, 3.8) is 0 Å². The Morgan fingerprint density at radius 3 is 2.53 bits per heavy atom. The molecule has 5 nitrogen and oxygen atoms in total. The molecule has 0 spiro atoms. The van der Waals surface area contributed by atoms with Crippen molar-refractivity contribution in [3.05, 3.63) is 42.0 Å². The Balaban J connectivity index is 2.37. The van der Waals surface area contributed by atoms with Crippen molar-refractivity contribution >= 4 is 5.91 Å². The number of halogens is 1. The Bertz CT molecular complexity index is 491. The zero-order valence-corrected chi connectivity index (χ0v) is 7.59. The molecule has 0 aliphatic heterocycles. The normalized spacial score (nSPS) is 10.2. The van der Waals surface area contributed by atoms with Crippen molar-refractivity contribution in [2.75, 3.05) is 0 Å². The van der Waals surface area contributed by atoms with E-state index in [0.717, 1.165) is 0 Å². The first-order valence-electron chi connectivity index (χ1n) is 4.15. The largest absolute Gasteiger partial charge is 0.364 e. The minimum absolute atomic E-state index is 0.0688. The van der Waals surface area contributed by atoms with Crippen LogP contribution < -0.4 is 5.73 Å². The van der Waals surface area contributed by atoms with Gasteiger partial charge in [0.05, 0.1) is 11.9 Å². The molecule has 0 saturated carbocycles. The molecule has 1 aromatic carbocycles. The number of amides is 1. The Kier molecular flexibility index (Phi) is 2.17. The average molecular weight is 206 g/mol. The number of nitrogens with zero attached hydrogens (tertiary/aromatic N) is 3. The molecule has 15 heavy (non-hydrogen) atoms. The summed E-state index contributed by atoms with van der Waals surface area (Å²) in [6.07, 6.45) is 1.26. The molecule has 1 amide bonds. The highest BCUT2D eigenvalue weighted by molar-refractivity contribution is 5.90. The predicted octanol–water partition coefficient (Wildman–Crippen LogP) is 0.505. The average Bonchev–Trinajstić information content (AvgIpc) is 2.68. The van der Waals surface area contributed by atoms with Gasteiger partial charge in [-0.1, -0.05) is 0 Å². The Morgan fingerprint density at radius 2 is 2.00 bits per heavy atom. The van der Waals surface area contributed by atoms with Gasteiger partial charge < -0.3 is 5.73 Å². The molecule has 2 rings (SSSR count). The molecule has 0 bridgehead atoms. The monoisotopic (exact) mass is 206 g/mol. The molecule has 6 heteroatoms. The lowest BCUT2D eigenvalue weighted by molar-refractivity contribution is 0.0995. The number of hydrogen-bond donors (Lipinski definition) is 1. The number of carbonyl (C=O) groups is 1. The van der Waals surface area contributed by atoms with E-state index >= 15 is 0 Å². The van der Waals surface area contributed by atoms with E-state index in [1.54, 1.807) is 0 Å². The van der Waals surface area contributed by atoms with Gasteiger partial charge in [0.2, 0.25) is 0 Å². The minimum atomic E-state index is -0.650. The van der Waals surface area contributed by atoms with Gasteiger partial charge in [-0.2, -0.15) is 9.90 Å². The van der Waals surface area contributed by atoms with Gasteiger partial charge in [-0.3, -0.25) is 4.79 Å². The first kappa shape index (κ1) is 9.32. The molecule has 1 aromatic heterocycles. The van der Waals surface area contributed by atoms with Crippen molar-refractivity contribution in [1.82, 2.24) is 15.0 Å². The van der Waals surface area contributed by atoms with Crippen LogP contribution in [-0.2, 0) is 0 Å². The fourth-order valence-corrected chi connectivity index (χ4v) is 1.07. The summed E-state index contributed by atoms with van der Waals surface area (Å²) in [6, 6.07) is 5.56. The highest BCUT2D eigenvalue weighted by Crippen LogP contribution is 2.06. The van der Waals surface area contributed by atoms with E-state index in [0.29, 0.717) is 5.69 Å².